The Balaban J connectivity index is 1.49. The molecule has 3 heterocycles. The normalized spacial score (nSPS) is 20.2. The maximum atomic E-state index is 5.92. The number of rotatable bonds is 3. The number of nitrogens with zero attached hydrogens (tertiary/aromatic N) is 4. The van der Waals surface area contributed by atoms with E-state index in [0.29, 0.717) is 0 Å². The van der Waals surface area contributed by atoms with Crippen LogP contribution in [-0.2, 0) is 6.54 Å². The van der Waals surface area contributed by atoms with Crippen molar-refractivity contribution in [3.8, 4) is 0 Å². The summed E-state index contributed by atoms with van der Waals surface area (Å²) in [7, 11) is 2.18. The van der Waals surface area contributed by atoms with Crippen molar-refractivity contribution in [1.29, 1.82) is 0 Å². The molecule has 0 atom stereocenters. The number of hydrogen-bond donors (Lipinski definition) is 0. The van der Waals surface area contributed by atoms with Crippen molar-refractivity contribution in [2.75, 3.05) is 33.2 Å². The second kappa shape index (κ2) is 5.53. The molecule has 0 amide bonds. The van der Waals surface area contributed by atoms with Gasteiger partial charge in [-0.3, -0.25) is 4.90 Å². The molecule has 2 aliphatic rings. The average Bonchev–Trinajstić information content (AvgIpc) is 3.38. The van der Waals surface area contributed by atoms with Crippen LogP contribution in [0.1, 0.15) is 30.1 Å². The van der Waals surface area contributed by atoms with Crippen molar-refractivity contribution in [2.24, 2.45) is 0 Å². The summed E-state index contributed by atoms with van der Waals surface area (Å²) in [6.07, 6.45) is 4.46. The third kappa shape index (κ3) is 2.58. The molecule has 124 valence electrons. The van der Waals surface area contributed by atoms with Crippen molar-refractivity contribution in [2.45, 2.75) is 25.3 Å². The van der Waals surface area contributed by atoms with Crippen molar-refractivity contribution < 1.29 is 4.42 Å². The predicted molar refractivity (Wildman–Crippen MR) is 94.1 cm³/mol. The van der Waals surface area contributed by atoms with Crippen LogP contribution in [-0.4, -0.2) is 53.0 Å². The molecule has 0 N–H and O–H groups in total. The lowest BCUT2D eigenvalue weighted by Gasteiger charge is -2.31. The Morgan fingerprint density at radius 1 is 1.12 bits per heavy atom. The van der Waals surface area contributed by atoms with Gasteiger partial charge in [-0.1, -0.05) is 6.07 Å². The summed E-state index contributed by atoms with van der Waals surface area (Å²) in [4.78, 5) is 14.2. The topological polar surface area (TPSA) is 45.4 Å². The lowest BCUT2D eigenvalue weighted by molar-refractivity contribution is 0.145. The summed E-state index contributed by atoms with van der Waals surface area (Å²) in [5.41, 5.74) is 4.09. The fourth-order valence-electron chi connectivity index (χ4n) is 3.57. The van der Waals surface area contributed by atoms with Gasteiger partial charge in [0.15, 0.2) is 5.58 Å². The predicted octanol–water partition coefficient (Wildman–Crippen LogP) is 3.00. The minimum Gasteiger partial charge on any atom is -0.453 e. The molecule has 24 heavy (non-hydrogen) atoms. The number of fused-ring (bicyclic) bond motifs is 3. The van der Waals surface area contributed by atoms with E-state index in [4.69, 9.17) is 9.40 Å². The van der Waals surface area contributed by atoms with Crippen molar-refractivity contribution in [1.82, 2.24) is 19.8 Å². The molecule has 5 nitrogen and oxygen atoms in total. The van der Waals surface area contributed by atoms with Gasteiger partial charge in [0.05, 0.1) is 12.7 Å². The number of likely N-dealkylation sites (N-methyl/N-ethyl adjacent to an activating group) is 1. The van der Waals surface area contributed by atoms with Crippen LogP contribution in [0.15, 0.2) is 28.8 Å². The van der Waals surface area contributed by atoms with E-state index in [1.54, 1.807) is 0 Å². The third-order valence-corrected chi connectivity index (χ3v) is 5.29. The Morgan fingerprint density at radius 3 is 2.75 bits per heavy atom. The van der Waals surface area contributed by atoms with Gasteiger partial charge in [-0.25, -0.2) is 9.97 Å². The van der Waals surface area contributed by atoms with Gasteiger partial charge in [0.25, 0.3) is 0 Å². The second-order valence-corrected chi connectivity index (χ2v) is 7.21. The molecular formula is C19H22N4O. The van der Waals surface area contributed by atoms with Gasteiger partial charge in [0.2, 0.25) is 0 Å². The number of aromatic nitrogens is 2. The maximum Gasteiger partial charge on any atom is 0.172 e. The van der Waals surface area contributed by atoms with Crippen LogP contribution in [0.4, 0.5) is 0 Å². The van der Waals surface area contributed by atoms with E-state index >= 15 is 0 Å². The molecule has 0 unspecified atom stereocenters. The summed E-state index contributed by atoms with van der Waals surface area (Å²) in [6, 6.07) is 6.55. The first-order valence-corrected chi connectivity index (χ1v) is 8.85. The van der Waals surface area contributed by atoms with Crippen LogP contribution in [0, 0.1) is 0 Å². The van der Waals surface area contributed by atoms with Crippen LogP contribution >= 0.6 is 0 Å². The molecule has 0 bridgehead atoms. The monoisotopic (exact) mass is 322 g/mol. The van der Waals surface area contributed by atoms with Crippen molar-refractivity contribution in [3.63, 3.8) is 0 Å². The second-order valence-electron chi connectivity index (χ2n) is 7.21. The van der Waals surface area contributed by atoms with E-state index in [9.17, 15) is 0 Å². The quantitative estimate of drug-likeness (QED) is 0.742. The molecule has 5 rings (SSSR count). The van der Waals surface area contributed by atoms with E-state index in [-0.39, 0.29) is 0 Å². The molecule has 5 heteroatoms. The van der Waals surface area contributed by atoms with Gasteiger partial charge in [0.1, 0.15) is 16.9 Å². The first-order chi connectivity index (χ1) is 11.8. The maximum absolute atomic E-state index is 5.92. The van der Waals surface area contributed by atoms with E-state index in [1.165, 1.54) is 18.4 Å². The Hall–Kier alpha value is -1.98. The fraction of sp³-hybridized carbons (Fsp3) is 0.474. The van der Waals surface area contributed by atoms with Gasteiger partial charge in [-0.2, -0.15) is 0 Å². The van der Waals surface area contributed by atoms with E-state index < -0.39 is 0 Å². The number of furan rings is 1. The van der Waals surface area contributed by atoms with Crippen molar-refractivity contribution >= 4 is 22.1 Å². The highest BCUT2D eigenvalue weighted by atomic mass is 16.3. The van der Waals surface area contributed by atoms with E-state index in [0.717, 1.165) is 66.5 Å². The molecule has 1 saturated carbocycles. The smallest absolute Gasteiger partial charge is 0.172 e. The number of hydrogen-bond acceptors (Lipinski definition) is 5. The zero-order valence-electron chi connectivity index (χ0n) is 14.0. The lowest BCUT2D eigenvalue weighted by Crippen LogP contribution is -2.44. The average molecular weight is 322 g/mol. The van der Waals surface area contributed by atoms with Crippen LogP contribution in [0.3, 0.4) is 0 Å². The van der Waals surface area contributed by atoms with Crippen LogP contribution in [0.2, 0.25) is 0 Å². The summed E-state index contributed by atoms with van der Waals surface area (Å²) in [6.45, 7) is 5.20. The highest BCUT2D eigenvalue weighted by molar-refractivity contribution is 6.02. The molecule has 3 aromatic rings. The van der Waals surface area contributed by atoms with Gasteiger partial charge < -0.3 is 9.32 Å². The minimum atomic E-state index is 0.742. The van der Waals surface area contributed by atoms with Crippen molar-refractivity contribution in [3.05, 3.63) is 35.8 Å². The Morgan fingerprint density at radius 2 is 1.96 bits per heavy atom. The van der Waals surface area contributed by atoms with Gasteiger partial charge in [-0.05, 0) is 43.5 Å². The molecule has 0 spiro atoms. The van der Waals surface area contributed by atoms with Gasteiger partial charge >= 0.3 is 0 Å². The highest BCUT2D eigenvalue weighted by Gasteiger charge is 2.24. The zero-order valence-corrected chi connectivity index (χ0v) is 14.0. The molecule has 0 radical (unpaired) electrons. The summed E-state index contributed by atoms with van der Waals surface area (Å²) >= 11 is 0. The number of benzene rings is 1. The summed E-state index contributed by atoms with van der Waals surface area (Å²) in [5.74, 6) is 1.64. The molecular weight excluding hydrogens is 300 g/mol. The van der Waals surface area contributed by atoms with Crippen LogP contribution in [0.5, 0.6) is 0 Å². The largest absolute Gasteiger partial charge is 0.453 e. The molecule has 1 aromatic carbocycles. The van der Waals surface area contributed by atoms with E-state index in [2.05, 4.69) is 40.0 Å². The van der Waals surface area contributed by atoms with Crippen LogP contribution in [0.25, 0.3) is 22.1 Å². The van der Waals surface area contributed by atoms with E-state index in [1.807, 2.05) is 6.20 Å². The first-order valence-electron chi connectivity index (χ1n) is 8.85. The molecule has 2 aromatic heterocycles. The Bertz CT molecular complexity index is 891. The fourth-order valence-corrected chi connectivity index (χ4v) is 3.57. The zero-order chi connectivity index (χ0) is 16.1. The minimum absolute atomic E-state index is 0.742. The molecule has 2 fully saturated rings. The Labute approximate surface area is 141 Å². The highest BCUT2D eigenvalue weighted by Crippen LogP contribution is 2.41. The molecule has 1 saturated heterocycles. The number of piperazine rings is 1. The van der Waals surface area contributed by atoms with Crippen LogP contribution < -0.4 is 0 Å². The standard InChI is InChI=1S/C19H22N4O/c1-22-6-8-23(9-7-22)12-18-20-11-17-19(21-18)15-10-14(13-2-3-13)4-5-16(15)24-17/h4-5,10-11,13H,2-3,6-9,12H2,1H3. The molecule has 1 aliphatic carbocycles. The summed E-state index contributed by atoms with van der Waals surface area (Å²) < 4.78 is 5.92. The third-order valence-electron chi connectivity index (χ3n) is 5.29. The first kappa shape index (κ1) is 14.4. The van der Waals surface area contributed by atoms with Gasteiger partial charge in [-0.15, -0.1) is 0 Å². The Kier molecular flexibility index (Phi) is 3.31. The lowest BCUT2D eigenvalue weighted by atomic mass is 10.1. The van der Waals surface area contributed by atoms with Gasteiger partial charge in [0, 0.05) is 31.6 Å². The SMILES string of the molecule is CN1CCN(Cc2ncc3oc4ccc(C5CC5)cc4c3n2)CC1. The molecule has 1 aliphatic heterocycles. The summed E-state index contributed by atoms with van der Waals surface area (Å²) in [5, 5.41) is 1.14.